The molecule has 1 aromatic carbocycles. The zero-order chi connectivity index (χ0) is 29.3. The molecule has 212 valence electrons. The van der Waals surface area contributed by atoms with Gasteiger partial charge in [0.15, 0.2) is 11.5 Å². The summed E-state index contributed by atoms with van der Waals surface area (Å²) < 4.78 is 22.6. The second-order valence-corrected chi connectivity index (χ2v) is 10.8. The zero-order valence-corrected chi connectivity index (χ0v) is 24.2. The third-order valence-corrected chi connectivity index (χ3v) is 7.31. The number of Topliss-reactive ketones (excluding diaryl/α,β-unsaturated/α-hetero) is 1. The van der Waals surface area contributed by atoms with Crippen LogP contribution in [-0.4, -0.2) is 79.2 Å². The molecule has 3 aromatic heterocycles. The number of hydrogen-bond acceptors (Lipinski definition) is 8. The number of nitrogens with zero attached hydrogens (tertiary/aromatic N) is 6. The van der Waals surface area contributed by atoms with Gasteiger partial charge in [0.1, 0.15) is 34.5 Å². The molecular weight excluding hydrogens is 597 g/mol. The van der Waals surface area contributed by atoms with Gasteiger partial charge in [0.2, 0.25) is 11.8 Å². The lowest BCUT2D eigenvalue weighted by molar-refractivity contribution is -0.137. The van der Waals surface area contributed by atoms with Gasteiger partial charge in [-0.05, 0) is 52.7 Å². The van der Waals surface area contributed by atoms with Crippen molar-refractivity contribution in [3.05, 3.63) is 64.9 Å². The molecule has 1 fully saturated rings. The van der Waals surface area contributed by atoms with Gasteiger partial charge < -0.3 is 15.0 Å². The second-order valence-electron chi connectivity index (χ2n) is 9.97. The van der Waals surface area contributed by atoms with Gasteiger partial charge in [0.25, 0.3) is 0 Å². The largest absolute Gasteiger partial charge is 0.381 e. The first-order valence-corrected chi connectivity index (χ1v) is 13.6. The number of hydrogen-bond donors (Lipinski definition) is 1. The Bertz CT molecular complexity index is 1640. The highest BCUT2D eigenvalue weighted by Crippen LogP contribution is 2.33. The third-order valence-electron chi connectivity index (χ3n) is 6.86. The van der Waals surface area contributed by atoms with Crippen molar-refractivity contribution in [3.63, 3.8) is 0 Å². The number of methoxy groups -OCH3 is 1. The maximum Gasteiger partial charge on any atom is 0.248 e. The van der Waals surface area contributed by atoms with Crippen molar-refractivity contribution in [3.8, 4) is 11.1 Å². The summed E-state index contributed by atoms with van der Waals surface area (Å²) in [5.74, 6) is -0.479. The van der Waals surface area contributed by atoms with Crippen LogP contribution in [0.15, 0.2) is 53.4 Å². The predicted octanol–water partition coefficient (Wildman–Crippen LogP) is 3.76. The van der Waals surface area contributed by atoms with Gasteiger partial charge in [-0.25, -0.2) is 19.3 Å². The molecule has 0 spiro atoms. The normalized spacial score (nSPS) is 18.6. The Morgan fingerprint density at radius 1 is 1.17 bits per heavy atom. The quantitative estimate of drug-likeness (QED) is 0.232. The number of alkyl halides is 1. The number of anilines is 1. The summed E-state index contributed by atoms with van der Waals surface area (Å²) in [5, 5.41) is 7.65. The van der Waals surface area contributed by atoms with Crippen molar-refractivity contribution in [2.24, 2.45) is 0 Å². The molecule has 41 heavy (non-hydrogen) atoms. The summed E-state index contributed by atoms with van der Waals surface area (Å²) in [7, 11) is 1.36. The van der Waals surface area contributed by atoms with Gasteiger partial charge in [-0.1, -0.05) is 12.1 Å². The number of aromatic nitrogens is 5. The van der Waals surface area contributed by atoms with E-state index in [0.29, 0.717) is 21.3 Å². The Kier molecular flexibility index (Phi) is 7.91. The molecule has 0 saturated carbocycles. The molecule has 0 bridgehead atoms. The summed E-state index contributed by atoms with van der Waals surface area (Å²) in [4.78, 5) is 53.2. The number of fused-ring (bicyclic) bond motifs is 1. The second kappa shape index (κ2) is 11.4. The summed E-state index contributed by atoms with van der Waals surface area (Å²) in [6.07, 6.45) is 3.14. The number of amides is 2. The van der Waals surface area contributed by atoms with Crippen LogP contribution in [-0.2, 0) is 20.9 Å². The highest BCUT2D eigenvalue weighted by Gasteiger charge is 2.49. The number of carbonyl (C=O) groups excluding carboxylic acids is 3. The van der Waals surface area contributed by atoms with Crippen LogP contribution in [0.25, 0.3) is 22.0 Å². The van der Waals surface area contributed by atoms with E-state index in [0.717, 1.165) is 11.1 Å². The molecule has 0 radical (unpaired) electrons. The fourth-order valence-corrected chi connectivity index (χ4v) is 5.33. The van der Waals surface area contributed by atoms with E-state index < -0.39 is 23.5 Å². The summed E-state index contributed by atoms with van der Waals surface area (Å²) in [6.45, 7) is 2.27. The first kappa shape index (κ1) is 28.4. The number of carbonyl (C=O) groups is 3. The number of pyridine rings is 1. The fraction of sp³-hybridized carbons (Fsp3) is 0.321. The van der Waals surface area contributed by atoms with Crippen molar-refractivity contribution in [2.45, 2.75) is 38.5 Å². The van der Waals surface area contributed by atoms with E-state index in [9.17, 15) is 14.4 Å². The number of benzene rings is 1. The molecule has 1 N–H and O–H groups in total. The maximum absolute atomic E-state index is 15.7. The lowest BCUT2D eigenvalue weighted by atomic mass is 10.0. The predicted molar refractivity (Wildman–Crippen MR) is 152 cm³/mol. The summed E-state index contributed by atoms with van der Waals surface area (Å²) in [6, 6.07) is 9.27. The van der Waals surface area contributed by atoms with Crippen LogP contribution in [0.5, 0.6) is 0 Å². The van der Waals surface area contributed by atoms with Gasteiger partial charge in [0, 0.05) is 43.8 Å². The average molecular weight is 624 g/mol. The monoisotopic (exact) mass is 623 g/mol. The molecular formula is C28H27BrFN7O4. The van der Waals surface area contributed by atoms with Crippen LogP contribution in [0, 0.1) is 6.92 Å². The van der Waals surface area contributed by atoms with Crippen LogP contribution >= 0.6 is 15.9 Å². The maximum atomic E-state index is 15.7. The number of rotatable bonds is 8. The van der Waals surface area contributed by atoms with E-state index in [1.165, 1.54) is 23.6 Å². The topological polar surface area (TPSA) is 132 Å². The van der Waals surface area contributed by atoms with E-state index in [1.54, 1.807) is 49.6 Å². The van der Waals surface area contributed by atoms with E-state index >= 15 is 4.39 Å². The number of halogens is 2. The highest BCUT2D eigenvalue weighted by atomic mass is 79.9. The molecule has 2 amide bonds. The summed E-state index contributed by atoms with van der Waals surface area (Å²) >= 11 is 3.26. The van der Waals surface area contributed by atoms with E-state index in [2.05, 4.69) is 41.3 Å². The van der Waals surface area contributed by atoms with Crippen LogP contribution < -0.4 is 5.32 Å². The first-order valence-electron chi connectivity index (χ1n) is 12.8. The zero-order valence-electron chi connectivity index (χ0n) is 22.6. The van der Waals surface area contributed by atoms with Gasteiger partial charge in [-0.2, -0.15) is 5.10 Å². The average Bonchev–Trinajstić information content (AvgIpc) is 3.47. The number of ether oxygens (including phenoxy) is 1. The minimum Gasteiger partial charge on any atom is -0.381 e. The van der Waals surface area contributed by atoms with Crippen molar-refractivity contribution in [2.75, 3.05) is 25.6 Å². The van der Waals surface area contributed by atoms with E-state index in [-0.39, 0.29) is 43.4 Å². The molecule has 5 rings (SSSR count). The number of aryl methyl sites for hydroxylation is 1. The number of likely N-dealkylation sites (tertiary alicyclic amines) is 1. The van der Waals surface area contributed by atoms with Crippen molar-refractivity contribution in [1.82, 2.24) is 29.6 Å². The van der Waals surface area contributed by atoms with E-state index in [1.807, 2.05) is 6.07 Å². The molecule has 0 unspecified atom stereocenters. The van der Waals surface area contributed by atoms with Gasteiger partial charge in [-0.15, -0.1) is 0 Å². The molecule has 1 aliphatic heterocycles. The Morgan fingerprint density at radius 2 is 1.93 bits per heavy atom. The lowest BCUT2D eigenvalue weighted by Crippen LogP contribution is -2.45. The van der Waals surface area contributed by atoms with Crippen LogP contribution in [0.3, 0.4) is 0 Å². The number of nitrogens with one attached hydrogen (secondary N) is 1. The molecule has 13 heteroatoms. The smallest absolute Gasteiger partial charge is 0.248 e. The van der Waals surface area contributed by atoms with Crippen molar-refractivity contribution < 1.29 is 23.5 Å². The molecule has 4 heterocycles. The van der Waals surface area contributed by atoms with Gasteiger partial charge >= 0.3 is 0 Å². The molecule has 1 aliphatic rings. The van der Waals surface area contributed by atoms with Gasteiger partial charge in [-0.3, -0.25) is 19.1 Å². The SMILES string of the molecule is COC[C@@]1(F)C[C@@H](C(=O)Nc2cccc(Br)n2)N(C(=O)Cn2nc(C(C)=O)c3cc(-c4cnc(C)nc4)ccc32)C1. The summed E-state index contributed by atoms with van der Waals surface area (Å²) in [5.41, 5.74) is 0.364. The van der Waals surface area contributed by atoms with Crippen LogP contribution in [0.2, 0.25) is 0 Å². The van der Waals surface area contributed by atoms with Crippen LogP contribution in [0.4, 0.5) is 10.2 Å². The van der Waals surface area contributed by atoms with E-state index in [4.69, 9.17) is 4.74 Å². The Labute approximate surface area is 243 Å². The minimum absolute atomic E-state index is 0.193. The standard InChI is InChI=1S/C28H27BrFN7O4/c1-16(38)26-20-9-18(19-11-31-17(2)32-12-19)7-8-21(20)37(35-26)13-25(39)36-14-28(30,15-41-3)10-22(36)27(40)34-24-6-4-5-23(29)33-24/h4-9,11-12,22H,10,13-15H2,1-3H3,(H,33,34,40)/t22-,28+/m0/s1. The molecule has 4 aromatic rings. The van der Waals surface area contributed by atoms with Crippen LogP contribution in [0.1, 0.15) is 29.7 Å². The van der Waals surface area contributed by atoms with Crippen molar-refractivity contribution >= 4 is 50.2 Å². The lowest BCUT2D eigenvalue weighted by Gasteiger charge is -2.24. The Balaban J connectivity index is 1.44. The molecule has 11 nitrogen and oxygen atoms in total. The molecule has 0 aliphatic carbocycles. The van der Waals surface area contributed by atoms with Crippen molar-refractivity contribution in [1.29, 1.82) is 0 Å². The third kappa shape index (κ3) is 6.00. The Hall–Kier alpha value is -4.10. The highest BCUT2D eigenvalue weighted by molar-refractivity contribution is 9.10. The number of ketones is 1. The Morgan fingerprint density at radius 3 is 2.61 bits per heavy atom. The minimum atomic E-state index is -1.92. The van der Waals surface area contributed by atoms with Gasteiger partial charge in [0.05, 0.1) is 18.7 Å². The first-order chi connectivity index (χ1) is 19.6. The molecule has 1 saturated heterocycles. The molecule has 2 atom stereocenters. The fourth-order valence-electron chi connectivity index (χ4n) is 4.98.